The van der Waals surface area contributed by atoms with Crippen molar-refractivity contribution in [2.24, 2.45) is 0 Å². The molecule has 94 valence electrons. The maximum Gasteiger partial charge on any atom is 0.325 e. The third-order valence-electron chi connectivity index (χ3n) is 2.19. The molecular weight excluding hydrogens is 232 g/mol. The Morgan fingerprint density at radius 2 is 2.06 bits per heavy atom. The molecule has 0 aliphatic rings. The van der Waals surface area contributed by atoms with Crippen molar-refractivity contribution in [1.82, 2.24) is 5.32 Å². The Morgan fingerprint density at radius 3 is 2.53 bits per heavy atom. The number of aliphatic carboxylic acids is 1. The van der Waals surface area contributed by atoms with Gasteiger partial charge >= 0.3 is 5.97 Å². The average Bonchev–Trinajstić information content (AvgIpc) is 2.26. The van der Waals surface area contributed by atoms with E-state index < -0.39 is 29.2 Å². The van der Waals surface area contributed by atoms with E-state index in [-0.39, 0.29) is 13.2 Å². The highest BCUT2D eigenvalue weighted by Gasteiger charge is 2.25. The van der Waals surface area contributed by atoms with Gasteiger partial charge in [-0.05, 0) is 12.1 Å². The summed E-state index contributed by atoms with van der Waals surface area (Å²) in [6.45, 7) is 0.432. The van der Waals surface area contributed by atoms with Gasteiger partial charge in [-0.15, -0.1) is 0 Å². The molecule has 0 spiro atoms. The Bertz CT molecular complexity index is 378. The van der Waals surface area contributed by atoms with Crippen LogP contribution in [0.5, 0.6) is 0 Å². The second kappa shape index (κ2) is 6.27. The van der Waals surface area contributed by atoms with E-state index in [1.165, 1.54) is 13.2 Å². The van der Waals surface area contributed by atoms with E-state index in [1.54, 1.807) is 0 Å². The minimum absolute atomic E-state index is 0.182. The Labute approximate surface area is 97.2 Å². The third kappa shape index (κ3) is 3.47. The fraction of sp³-hybridized carbons (Fsp3) is 0.364. The van der Waals surface area contributed by atoms with Crippen molar-refractivity contribution in [2.45, 2.75) is 6.04 Å². The summed E-state index contributed by atoms with van der Waals surface area (Å²) in [7, 11) is 1.45. The summed E-state index contributed by atoms with van der Waals surface area (Å²) >= 11 is 0. The maximum atomic E-state index is 13.4. The van der Waals surface area contributed by atoms with Crippen LogP contribution in [0.15, 0.2) is 18.2 Å². The molecule has 0 aliphatic carbocycles. The van der Waals surface area contributed by atoms with Crippen molar-refractivity contribution in [1.29, 1.82) is 0 Å². The number of rotatable bonds is 6. The Hall–Kier alpha value is -1.53. The molecule has 1 atom stereocenters. The van der Waals surface area contributed by atoms with Gasteiger partial charge in [-0.2, -0.15) is 0 Å². The first kappa shape index (κ1) is 13.5. The summed E-state index contributed by atoms with van der Waals surface area (Å²) in [5.74, 6) is -3.12. The van der Waals surface area contributed by atoms with E-state index >= 15 is 0 Å². The van der Waals surface area contributed by atoms with Gasteiger partial charge in [0.25, 0.3) is 0 Å². The van der Waals surface area contributed by atoms with Gasteiger partial charge in [0.15, 0.2) is 0 Å². The molecule has 1 aromatic rings. The van der Waals surface area contributed by atoms with Crippen molar-refractivity contribution < 1.29 is 23.4 Å². The number of methoxy groups -OCH3 is 1. The molecule has 0 aliphatic heterocycles. The third-order valence-corrected chi connectivity index (χ3v) is 2.19. The van der Waals surface area contributed by atoms with Crippen LogP contribution in [0.4, 0.5) is 8.78 Å². The van der Waals surface area contributed by atoms with Crippen LogP contribution in [0.2, 0.25) is 0 Å². The lowest BCUT2D eigenvalue weighted by atomic mass is 10.1. The van der Waals surface area contributed by atoms with Gasteiger partial charge in [-0.3, -0.25) is 10.1 Å². The highest BCUT2D eigenvalue weighted by Crippen LogP contribution is 2.20. The molecule has 17 heavy (non-hydrogen) atoms. The number of hydrogen-bond acceptors (Lipinski definition) is 3. The van der Waals surface area contributed by atoms with Gasteiger partial charge in [0.2, 0.25) is 0 Å². The van der Waals surface area contributed by atoms with Gasteiger partial charge in [0.05, 0.1) is 12.2 Å². The second-order valence-electron chi connectivity index (χ2n) is 3.35. The van der Waals surface area contributed by atoms with Crippen LogP contribution in [0.25, 0.3) is 0 Å². The lowest BCUT2D eigenvalue weighted by molar-refractivity contribution is -0.139. The standard InChI is InChI=1S/C11H13F2NO3/c1-17-6-5-14-10(11(15)16)9-7(12)3-2-4-8(9)13/h2-4,10,14H,5-6H2,1H3,(H,15,16). The molecule has 0 bridgehead atoms. The molecule has 0 fully saturated rings. The minimum Gasteiger partial charge on any atom is -0.480 e. The van der Waals surface area contributed by atoms with E-state index in [0.717, 1.165) is 12.1 Å². The maximum absolute atomic E-state index is 13.4. The summed E-state index contributed by atoms with van der Waals surface area (Å²) in [6, 6.07) is 1.80. The molecule has 0 heterocycles. The van der Waals surface area contributed by atoms with Crippen LogP contribution >= 0.6 is 0 Å². The van der Waals surface area contributed by atoms with Gasteiger partial charge in [0, 0.05) is 13.7 Å². The van der Waals surface area contributed by atoms with Crippen LogP contribution < -0.4 is 5.32 Å². The normalized spacial score (nSPS) is 12.4. The molecule has 0 aromatic heterocycles. The van der Waals surface area contributed by atoms with E-state index in [0.29, 0.717) is 0 Å². The highest BCUT2D eigenvalue weighted by atomic mass is 19.1. The molecule has 0 saturated carbocycles. The van der Waals surface area contributed by atoms with E-state index in [2.05, 4.69) is 5.32 Å². The molecule has 2 N–H and O–H groups in total. The lowest BCUT2D eigenvalue weighted by Gasteiger charge is -2.15. The Morgan fingerprint density at radius 1 is 1.47 bits per heavy atom. The molecule has 0 amide bonds. The van der Waals surface area contributed by atoms with Crippen molar-refractivity contribution in [3.05, 3.63) is 35.4 Å². The zero-order valence-corrected chi connectivity index (χ0v) is 9.24. The molecule has 0 saturated heterocycles. The molecule has 1 rings (SSSR count). The second-order valence-corrected chi connectivity index (χ2v) is 3.35. The Balaban J connectivity index is 2.93. The number of carboxylic acid groups (broad SMARTS) is 1. The van der Waals surface area contributed by atoms with Crippen molar-refractivity contribution in [2.75, 3.05) is 20.3 Å². The summed E-state index contributed by atoms with van der Waals surface area (Å²) in [4.78, 5) is 11.0. The average molecular weight is 245 g/mol. The minimum atomic E-state index is -1.42. The first-order valence-electron chi connectivity index (χ1n) is 4.97. The van der Waals surface area contributed by atoms with Gasteiger partial charge in [-0.1, -0.05) is 6.07 Å². The van der Waals surface area contributed by atoms with Gasteiger partial charge in [-0.25, -0.2) is 8.78 Å². The zero-order chi connectivity index (χ0) is 12.8. The first-order chi connectivity index (χ1) is 8.07. The van der Waals surface area contributed by atoms with Crippen LogP contribution in [0.1, 0.15) is 11.6 Å². The Kier molecular flexibility index (Phi) is 4.99. The van der Waals surface area contributed by atoms with Gasteiger partial charge < -0.3 is 9.84 Å². The van der Waals surface area contributed by atoms with Crippen LogP contribution in [-0.2, 0) is 9.53 Å². The van der Waals surface area contributed by atoms with Crippen LogP contribution in [0, 0.1) is 11.6 Å². The van der Waals surface area contributed by atoms with Gasteiger partial charge in [0.1, 0.15) is 17.7 Å². The zero-order valence-electron chi connectivity index (χ0n) is 9.24. The predicted octanol–water partition coefficient (Wildman–Crippen LogP) is 1.33. The smallest absolute Gasteiger partial charge is 0.325 e. The SMILES string of the molecule is COCCNC(C(=O)O)c1c(F)cccc1F. The number of carboxylic acids is 1. The number of benzene rings is 1. The quantitative estimate of drug-likeness (QED) is 0.742. The number of nitrogens with one attached hydrogen (secondary N) is 1. The summed E-state index contributed by atoms with van der Waals surface area (Å²) in [5.41, 5.74) is -0.490. The molecule has 4 nitrogen and oxygen atoms in total. The molecule has 6 heteroatoms. The molecular formula is C11H13F2NO3. The predicted molar refractivity (Wildman–Crippen MR) is 56.6 cm³/mol. The monoisotopic (exact) mass is 245 g/mol. The molecule has 1 unspecified atom stereocenters. The number of carbonyl (C=O) groups is 1. The number of hydrogen-bond donors (Lipinski definition) is 2. The fourth-order valence-electron chi connectivity index (χ4n) is 1.40. The van der Waals surface area contributed by atoms with E-state index in [4.69, 9.17) is 9.84 Å². The fourth-order valence-corrected chi connectivity index (χ4v) is 1.40. The summed E-state index contributed by atoms with van der Waals surface area (Å²) in [6.07, 6.45) is 0. The van der Waals surface area contributed by atoms with Crippen LogP contribution in [0.3, 0.4) is 0 Å². The highest BCUT2D eigenvalue weighted by molar-refractivity contribution is 5.75. The van der Waals surface area contributed by atoms with Crippen LogP contribution in [-0.4, -0.2) is 31.3 Å². The number of ether oxygens (including phenoxy) is 1. The van der Waals surface area contributed by atoms with E-state index in [9.17, 15) is 13.6 Å². The van der Waals surface area contributed by atoms with Crippen molar-refractivity contribution >= 4 is 5.97 Å². The first-order valence-corrected chi connectivity index (χ1v) is 4.97. The molecule has 0 radical (unpaired) electrons. The topological polar surface area (TPSA) is 58.6 Å². The summed E-state index contributed by atoms with van der Waals surface area (Å²) in [5, 5.41) is 11.5. The van der Waals surface area contributed by atoms with Crippen molar-refractivity contribution in [3.8, 4) is 0 Å². The summed E-state index contributed by atoms with van der Waals surface area (Å²) < 4.78 is 31.5. The largest absolute Gasteiger partial charge is 0.480 e. The molecule has 1 aromatic carbocycles. The lowest BCUT2D eigenvalue weighted by Crippen LogP contribution is -2.32. The van der Waals surface area contributed by atoms with Crippen molar-refractivity contribution in [3.63, 3.8) is 0 Å². The number of halogens is 2. The van der Waals surface area contributed by atoms with E-state index in [1.807, 2.05) is 0 Å².